The van der Waals surface area contributed by atoms with Gasteiger partial charge in [0.1, 0.15) is 0 Å². The van der Waals surface area contributed by atoms with Gasteiger partial charge in [0.25, 0.3) is 0 Å². The highest BCUT2D eigenvalue weighted by atomic mass is 15.2. The van der Waals surface area contributed by atoms with Crippen molar-refractivity contribution >= 4 is 5.95 Å². The van der Waals surface area contributed by atoms with Crippen LogP contribution in [0.4, 0.5) is 5.95 Å². The molecule has 1 aliphatic heterocycles. The lowest BCUT2D eigenvalue weighted by atomic mass is 10.0. The molecule has 0 aliphatic carbocycles. The van der Waals surface area contributed by atoms with E-state index in [2.05, 4.69) is 36.0 Å². The minimum absolute atomic E-state index is 0.832. The lowest BCUT2D eigenvalue weighted by Crippen LogP contribution is -2.27. The molecule has 0 spiro atoms. The van der Waals surface area contributed by atoms with Crippen molar-refractivity contribution in [2.24, 2.45) is 5.92 Å². The molecule has 0 radical (unpaired) electrons. The largest absolute Gasteiger partial charge is 0.341 e. The molecule has 1 saturated heterocycles. The quantitative estimate of drug-likeness (QED) is 0.840. The fourth-order valence-electron chi connectivity index (χ4n) is 2.67. The third-order valence-corrected chi connectivity index (χ3v) is 4.11. The molecule has 1 N–H and O–H groups in total. The molecule has 1 atom stereocenters. The van der Waals surface area contributed by atoms with E-state index in [1.54, 1.807) is 0 Å². The van der Waals surface area contributed by atoms with Gasteiger partial charge >= 0.3 is 0 Å². The van der Waals surface area contributed by atoms with Gasteiger partial charge in [-0.05, 0) is 45.1 Å². The number of rotatable bonds is 5. The number of aryl methyl sites for hydroxylation is 1. The van der Waals surface area contributed by atoms with Crippen LogP contribution < -0.4 is 10.2 Å². The van der Waals surface area contributed by atoms with E-state index in [9.17, 15) is 0 Å². The van der Waals surface area contributed by atoms with Gasteiger partial charge in [0.15, 0.2) is 0 Å². The van der Waals surface area contributed by atoms with E-state index >= 15 is 0 Å². The van der Waals surface area contributed by atoms with Crippen LogP contribution in [0.3, 0.4) is 0 Å². The predicted octanol–water partition coefficient (Wildman–Crippen LogP) is 2.91. The number of aromatic nitrogens is 2. The van der Waals surface area contributed by atoms with Gasteiger partial charge in [0, 0.05) is 37.1 Å². The molecule has 20 heavy (non-hydrogen) atoms. The van der Waals surface area contributed by atoms with Crippen molar-refractivity contribution in [1.82, 2.24) is 15.3 Å². The van der Waals surface area contributed by atoms with Crippen LogP contribution in [0, 0.1) is 12.8 Å². The first kappa shape index (κ1) is 15.2. The number of hydrogen-bond donors (Lipinski definition) is 1. The minimum atomic E-state index is 0.832. The Kier molecular flexibility index (Phi) is 5.77. The van der Waals surface area contributed by atoms with E-state index < -0.39 is 0 Å². The second-order valence-corrected chi connectivity index (χ2v) is 5.98. The number of anilines is 1. The van der Waals surface area contributed by atoms with Crippen LogP contribution in [0.5, 0.6) is 0 Å². The first-order valence-corrected chi connectivity index (χ1v) is 7.99. The van der Waals surface area contributed by atoms with Gasteiger partial charge < -0.3 is 10.2 Å². The molecule has 1 aromatic rings. The summed E-state index contributed by atoms with van der Waals surface area (Å²) in [6.45, 7) is 10.7. The Morgan fingerprint density at radius 3 is 2.95 bits per heavy atom. The molecule has 0 saturated carbocycles. The molecule has 2 heterocycles. The molecule has 1 aliphatic rings. The molecule has 112 valence electrons. The van der Waals surface area contributed by atoms with Gasteiger partial charge in [-0.25, -0.2) is 9.97 Å². The average molecular weight is 276 g/mol. The maximum atomic E-state index is 4.72. The number of nitrogens with zero attached hydrogens (tertiary/aromatic N) is 3. The van der Waals surface area contributed by atoms with Gasteiger partial charge in [-0.1, -0.05) is 13.8 Å². The fraction of sp³-hybridized carbons (Fsp3) is 0.750. The summed E-state index contributed by atoms with van der Waals surface area (Å²) >= 11 is 0. The van der Waals surface area contributed by atoms with Gasteiger partial charge in [0.2, 0.25) is 5.95 Å². The molecule has 1 fully saturated rings. The first-order chi connectivity index (χ1) is 9.70. The smallest absolute Gasteiger partial charge is 0.225 e. The Labute approximate surface area is 123 Å². The van der Waals surface area contributed by atoms with E-state index in [0.29, 0.717) is 0 Å². The van der Waals surface area contributed by atoms with E-state index in [1.165, 1.54) is 24.8 Å². The molecule has 4 nitrogen and oxygen atoms in total. The zero-order valence-corrected chi connectivity index (χ0v) is 13.2. The van der Waals surface area contributed by atoms with Crippen molar-refractivity contribution in [2.75, 3.05) is 24.5 Å². The summed E-state index contributed by atoms with van der Waals surface area (Å²) in [5, 5.41) is 3.41. The standard InChI is InChI=1S/C16H28N4/c1-4-8-17-11-15-12-18-16(19-14(15)3)20-9-5-6-13(2)7-10-20/h12-13,17H,4-11H2,1-3H3. The highest BCUT2D eigenvalue weighted by Crippen LogP contribution is 2.20. The summed E-state index contributed by atoms with van der Waals surface area (Å²) in [6, 6.07) is 0. The van der Waals surface area contributed by atoms with E-state index in [0.717, 1.165) is 50.2 Å². The predicted molar refractivity (Wildman–Crippen MR) is 84.0 cm³/mol. The molecule has 1 aromatic heterocycles. The van der Waals surface area contributed by atoms with Gasteiger partial charge in [-0.15, -0.1) is 0 Å². The van der Waals surface area contributed by atoms with Gasteiger partial charge in [-0.2, -0.15) is 0 Å². The number of nitrogens with one attached hydrogen (secondary N) is 1. The third-order valence-electron chi connectivity index (χ3n) is 4.11. The second kappa shape index (κ2) is 7.58. The normalized spacial score (nSPS) is 19.9. The molecule has 2 rings (SSSR count). The highest BCUT2D eigenvalue weighted by molar-refractivity contribution is 5.33. The maximum absolute atomic E-state index is 4.72. The van der Waals surface area contributed by atoms with E-state index in [4.69, 9.17) is 4.98 Å². The van der Waals surface area contributed by atoms with Crippen molar-refractivity contribution in [3.05, 3.63) is 17.5 Å². The summed E-state index contributed by atoms with van der Waals surface area (Å²) in [4.78, 5) is 11.6. The van der Waals surface area contributed by atoms with E-state index in [-0.39, 0.29) is 0 Å². The van der Waals surface area contributed by atoms with Crippen molar-refractivity contribution < 1.29 is 0 Å². The number of hydrogen-bond acceptors (Lipinski definition) is 4. The summed E-state index contributed by atoms with van der Waals surface area (Å²) in [7, 11) is 0. The van der Waals surface area contributed by atoms with Crippen molar-refractivity contribution in [2.45, 2.75) is 53.0 Å². The molecular weight excluding hydrogens is 248 g/mol. The second-order valence-electron chi connectivity index (χ2n) is 5.98. The Morgan fingerprint density at radius 1 is 1.35 bits per heavy atom. The van der Waals surface area contributed by atoms with Crippen LogP contribution in [-0.2, 0) is 6.54 Å². The summed E-state index contributed by atoms with van der Waals surface area (Å²) < 4.78 is 0. The zero-order chi connectivity index (χ0) is 14.4. The van der Waals surface area contributed by atoms with Crippen LogP contribution in [0.15, 0.2) is 6.20 Å². The van der Waals surface area contributed by atoms with Gasteiger partial charge in [0.05, 0.1) is 0 Å². The fourth-order valence-corrected chi connectivity index (χ4v) is 2.67. The average Bonchev–Trinajstić information content (AvgIpc) is 2.65. The van der Waals surface area contributed by atoms with Gasteiger partial charge in [-0.3, -0.25) is 0 Å². The summed E-state index contributed by atoms with van der Waals surface area (Å²) in [5.41, 5.74) is 2.32. The molecule has 1 unspecified atom stereocenters. The monoisotopic (exact) mass is 276 g/mol. The Morgan fingerprint density at radius 2 is 2.20 bits per heavy atom. The summed E-state index contributed by atoms with van der Waals surface area (Å²) in [5.74, 6) is 1.74. The minimum Gasteiger partial charge on any atom is -0.341 e. The van der Waals surface area contributed by atoms with Crippen LogP contribution in [0.25, 0.3) is 0 Å². The highest BCUT2D eigenvalue weighted by Gasteiger charge is 2.16. The molecule has 0 bridgehead atoms. The zero-order valence-electron chi connectivity index (χ0n) is 13.2. The van der Waals surface area contributed by atoms with Crippen LogP contribution in [0.2, 0.25) is 0 Å². The topological polar surface area (TPSA) is 41.1 Å². The maximum Gasteiger partial charge on any atom is 0.225 e. The molecular formula is C16H28N4. The molecule has 0 amide bonds. The third kappa shape index (κ3) is 4.17. The first-order valence-electron chi connectivity index (χ1n) is 7.99. The van der Waals surface area contributed by atoms with Crippen LogP contribution in [-0.4, -0.2) is 29.6 Å². The Hall–Kier alpha value is -1.16. The SMILES string of the molecule is CCCNCc1cnc(N2CCCC(C)CC2)nc1C. The lowest BCUT2D eigenvalue weighted by Gasteiger charge is -2.21. The van der Waals surface area contributed by atoms with Crippen molar-refractivity contribution in [3.8, 4) is 0 Å². The van der Waals surface area contributed by atoms with Crippen molar-refractivity contribution in [1.29, 1.82) is 0 Å². The van der Waals surface area contributed by atoms with Crippen molar-refractivity contribution in [3.63, 3.8) is 0 Å². The van der Waals surface area contributed by atoms with Crippen LogP contribution in [0.1, 0.15) is 50.8 Å². The molecule has 4 heteroatoms. The lowest BCUT2D eigenvalue weighted by molar-refractivity contribution is 0.521. The summed E-state index contributed by atoms with van der Waals surface area (Å²) in [6.07, 6.45) is 6.98. The van der Waals surface area contributed by atoms with E-state index in [1.807, 2.05) is 6.20 Å². The van der Waals surface area contributed by atoms with Crippen LogP contribution >= 0.6 is 0 Å². The Bertz CT molecular complexity index is 419. The molecule has 0 aromatic carbocycles. The Balaban J connectivity index is 2.00.